The van der Waals surface area contributed by atoms with Gasteiger partial charge in [0.05, 0.1) is 6.61 Å². The molecule has 2 rings (SSSR count). The van der Waals surface area contributed by atoms with Gasteiger partial charge in [0, 0.05) is 6.04 Å². The number of rotatable bonds is 1. The lowest BCUT2D eigenvalue weighted by atomic mass is 10.2. The first-order chi connectivity index (χ1) is 6.43. The molecule has 0 amide bonds. The maximum atomic E-state index is 8.50. The molecule has 13 heavy (non-hydrogen) atoms. The van der Waals surface area contributed by atoms with E-state index in [9.17, 15) is 0 Å². The molecular formula is C10H22N2O. The summed E-state index contributed by atoms with van der Waals surface area (Å²) in [7, 11) is 0. The Morgan fingerprint density at radius 2 is 1.77 bits per heavy atom. The van der Waals surface area contributed by atoms with E-state index < -0.39 is 0 Å². The predicted molar refractivity (Wildman–Crippen MR) is 54.8 cm³/mol. The van der Waals surface area contributed by atoms with Gasteiger partial charge in [-0.05, 0) is 45.3 Å². The van der Waals surface area contributed by atoms with Crippen molar-refractivity contribution in [2.24, 2.45) is 0 Å². The van der Waals surface area contributed by atoms with Gasteiger partial charge in [0.25, 0.3) is 0 Å². The van der Waals surface area contributed by atoms with Gasteiger partial charge in [0.2, 0.25) is 0 Å². The normalized spacial score (nSPS) is 27.9. The van der Waals surface area contributed by atoms with Crippen LogP contribution in [-0.2, 0) is 0 Å². The number of hydrogen-bond acceptors (Lipinski definition) is 3. The largest absolute Gasteiger partial charge is 0.395 e. The zero-order chi connectivity index (χ0) is 9.36. The van der Waals surface area contributed by atoms with Crippen LogP contribution in [0.2, 0.25) is 0 Å². The summed E-state index contributed by atoms with van der Waals surface area (Å²) in [6, 6.07) is 0.403. The Balaban J connectivity index is 0.000000132. The van der Waals surface area contributed by atoms with Gasteiger partial charge in [-0.15, -0.1) is 0 Å². The van der Waals surface area contributed by atoms with E-state index in [2.05, 4.69) is 10.6 Å². The summed E-state index contributed by atoms with van der Waals surface area (Å²) >= 11 is 0. The van der Waals surface area contributed by atoms with E-state index in [1.54, 1.807) is 0 Å². The van der Waals surface area contributed by atoms with Crippen LogP contribution in [0.15, 0.2) is 0 Å². The highest BCUT2D eigenvalue weighted by molar-refractivity contribution is 4.71. The minimum Gasteiger partial charge on any atom is -0.395 e. The molecule has 3 N–H and O–H groups in total. The summed E-state index contributed by atoms with van der Waals surface area (Å²) < 4.78 is 0. The fraction of sp³-hybridized carbons (Fsp3) is 1.00. The molecule has 0 saturated carbocycles. The molecule has 3 nitrogen and oxygen atoms in total. The molecule has 0 aromatic rings. The highest BCUT2D eigenvalue weighted by Gasteiger charge is 2.10. The quantitative estimate of drug-likeness (QED) is 0.558. The SMILES string of the molecule is C1CCNCC1.OC[C@@H]1CCCN1. The third-order valence-electron chi connectivity index (χ3n) is 2.59. The van der Waals surface area contributed by atoms with Crippen LogP contribution >= 0.6 is 0 Å². The number of aliphatic hydroxyl groups excluding tert-OH is 1. The Morgan fingerprint density at radius 1 is 1.00 bits per heavy atom. The molecule has 2 fully saturated rings. The van der Waals surface area contributed by atoms with Gasteiger partial charge in [0.1, 0.15) is 0 Å². The van der Waals surface area contributed by atoms with Crippen LogP contribution in [0.3, 0.4) is 0 Å². The van der Waals surface area contributed by atoms with Gasteiger partial charge < -0.3 is 15.7 Å². The van der Waals surface area contributed by atoms with Gasteiger partial charge >= 0.3 is 0 Å². The third kappa shape index (κ3) is 5.24. The molecule has 2 heterocycles. The molecule has 0 aromatic heterocycles. The van der Waals surface area contributed by atoms with Crippen LogP contribution in [-0.4, -0.2) is 37.4 Å². The van der Waals surface area contributed by atoms with Crippen molar-refractivity contribution in [1.29, 1.82) is 0 Å². The van der Waals surface area contributed by atoms with E-state index in [4.69, 9.17) is 5.11 Å². The summed E-state index contributed by atoms with van der Waals surface area (Å²) in [5.74, 6) is 0. The number of piperidine rings is 1. The first-order valence-electron chi connectivity index (χ1n) is 5.48. The number of hydrogen-bond donors (Lipinski definition) is 3. The number of nitrogens with one attached hydrogen (secondary N) is 2. The topological polar surface area (TPSA) is 44.3 Å². The second-order valence-electron chi connectivity index (χ2n) is 3.79. The molecule has 1 atom stereocenters. The van der Waals surface area contributed by atoms with Crippen molar-refractivity contribution in [2.75, 3.05) is 26.2 Å². The zero-order valence-electron chi connectivity index (χ0n) is 8.39. The molecule has 0 bridgehead atoms. The van der Waals surface area contributed by atoms with Crippen molar-refractivity contribution in [2.45, 2.75) is 38.1 Å². The second kappa shape index (κ2) is 7.30. The third-order valence-corrected chi connectivity index (χ3v) is 2.59. The highest BCUT2D eigenvalue weighted by atomic mass is 16.3. The van der Waals surface area contributed by atoms with Gasteiger partial charge in [0.15, 0.2) is 0 Å². The number of aliphatic hydroxyl groups is 1. The van der Waals surface area contributed by atoms with E-state index in [-0.39, 0.29) is 0 Å². The van der Waals surface area contributed by atoms with Crippen molar-refractivity contribution in [3.8, 4) is 0 Å². The molecule has 0 spiro atoms. The van der Waals surface area contributed by atoms with E-state index in [1.165, 1.54) is 38.8 Å². The van der Waals surface area contributed by atoms with Crippen molar-refractivity contribution >= 4 is 0 Å². The molecule has 0 radical (unpaired) electrons. The van der Waals surface area contributed by atoms with Gasteiger partial charge in [-0.3, -0.25) is 0 Å². The lowest BCUT2D eigenvalue weighted by molar-refractivity contribution is 0.255. The van der Waals surface area contributed by atoms with Crippen molar-refractivity contribution in [3.05, 3.63) is 0 Å². The molecular weight excluding hydrogens is 164 g/mol. The minimum absolute atomic E-state index is 0.306. The second-order valence-corrected chi connectivity index (χ2v) is 3.79. The average Bonchev–Trinajstić information content (AvgIpc) is 2.74. The van der Waals surface area contributed by atoms with Crippen molar-refractivity contribution in [1.82, 2.24) is 10.6 Å². The maximum Gasteiger partial charge on any atom is 0.0584 e. The summed E-state index contributed by atoms with van der Waals surface area (Å²) in [6.45, 7) is 3.89. The maximum absolute atomic E-state index is 8.50. The van der Waals surface area contributed by atoms with E-state index in [0.29, 0.717) is 12.6 Å². The van der Waals surface area contributed by atoms with E-state index in [0.717, 1.165) is 13.0 Å². The predicted octanol–water partition coefficient (Wildman–Crippen LogP) is 0.491. The Labute approximate surface area is 80.9 Å². The van der Waals surface area contributed by atoms with E-state index >= 15 is 0 Å². The van der Waals surface area contributed by atoms with Crippen LogP contribution in [0.5, 0.6) is 0 Å². The fourth-order valence-electron chi connectivity index (χ4n) is 1.71. The summed E-state index contributed by atoms with van der Waals surface area (Å²) in [5, 5.41) is 14.9. The Kier molecular flexibility index (Phi) is 6.15. The zero-order valence-corrected chi connectivity index (χ0v) is 8.39. The van der Waals surface area contributed by atoms with E-state index in [1.807, 2.05) is 0 Å². The van der Waals surface area contributed by atoms with Gasteiger partial charge in [-0.25, -0.2) is 0 Å². The lowest BCUT2D eigenvalue weighted by Gasteiger charge is -2.08. The summed E-state index contributed by atoms with van der Waals surface area (Å²) in [6.07, 6.45) is 6.59. The van der Waals surface area contributed by atoms with Crippen molar-refractivity contribution < 1.29 is 5.11 Å². The summed E-state index contributed by atoms with van der Waals surface area (Å²) in [4.78, 5) is 0. The monoisotopic (exact) mass is 186 g/mol. The van der Waals surface area contributed by atoms with Crippen LogP contribution in [0.4, 0.5) is 0 Å². The van der Waals surface area contributed by atoms with Gasteiger partial charge in [-0.2, -0.15) is 0 Å². The molecule has 0 aliphatic carbocycles. The molecule has 2 saturated heterocycles. The smallest absolute Gasteiger partial charge is 0.0584 e. The summed E-state index contributed by atoms with van der Waals surface area (Å²) in [5.41, 5.74) is 0. The average molecular weight is 186 g/mol. The minimum atomic E-state index is 0.306. The van der Waals surface area contributed by atoms with Crippen LogP contribution in [0.1, 0.15) is 32.1 Å². The first-order valence-corrected chi connectivity index (χ1v) is 5.48. The highest BCUT2D eigenvalue weighted by Crippen LogP contribution is 2.02. The Morgan fingerprint density at radius 3 is 2.00 bits per heavy atom. The first kappa shape index (κ1) is 11.0. The Bertz CT molecular complexity index is 98.0. The molecule has 0 aromatic carbocycles. The van der Waals surface area contributed by atoms with Crippen LogP contribution in [0.25, 0.3) is 0 Å². The van der Waals surface area contributed by atoms with Gasteiger partial charge in [-0.1, -0.05) is 6.42 Å². The molecule has 3 heteroatoms. The molecule has 0 unspecified atom stereocenters. The lowest BCUT2D eigenvalue weighted by Crippen LogP contribution is -2.24. The van der Waals surface area contributed by atoms with Crippen molar-refractivity contribution in [3.63, 3.8) is 0 Å². The fourth-order valence-corrected chi connectivity index (χ4v) is 1.71. The van der Waals surface area contributed by atoms with Crippen LogP contribution in [0, 0.1) is 0 Å². The van der Waals surface area contributed by atoms with Crippen LogP contribution < -0.4 is 10.6 Å². The molecule has 78 valence electrons. The molecule has 2 aliphatic heterocycles. The standard InChI is InChI=1S/C5H11NO.C5H11N/c7-4-5-2-1-3-6-5;1-2-4-6-5-3-1/h5-7H,1-4H2;6H,1-5H2/t5-;/m0./s1. The Hall–Kier alpha value is -0.120. The molecule has 2 aliphatic rings.